The van der Waals surface area contributed by atoms with E-state index in [9.17, 15) is 18.3 Å². The number of hydrogen-bond acceptors (Lipinski definition) is 6. The molecule has 1 aliphatic rings. The number of rotatable bonds is 10. The van der Waals surface area contributed by atoms with E-state index in [1.54, 1.807) is 48.5 Å². The zero-order chi connectivity index (χ0) is 26.4. The van der Waals surface area contributed by atoms with Gasteiger partial charge in [-0.05, 0) is 53.6 Å². The van der Waals surface area contributed by atoms with Crippen LogP contribution >= 0.6 is 11.6 Å². The summed E-state index contributed by atoms with van der Waals surface area (Å²) in [5.74, 6) is 0.360. The van der Waals surface area contributed by atoms with Gasteiger partial charge >= 0.3 is 5.97 Å². The molecule has 0 radical (unpaired) electrons. The lowest BCUT2D eigenvalue weighted by molar-refractivity contribution is -0.136. The third kappa shape index (κ3) is 7.01. The van der Waals surface area contributed by atoms with Crippen LogP contribution in [0.5, 0.6) is 11.5 Å². The number of carboxylic acid groups (broad SMARTS) is 1. The molecule has 10 heteroatoms. The van der Waals surface area contributed by atoms with Crippen LogP contribution in [0.15, 0.2) is 71.6 Å². The third-order valence-corrected chi connectivity index (χ3v) is 8.38. The molecule has 3 aromatic carbocycles. The zero-order valence-electron chi connectivity index (χ0n) is 20.5. The van der Waals surface area contributed by atoms with Crippen LogP contribution in [0.25, 0.3) is 0 Å². The molecule has 1 saturated heterocycles. The standard InChI is InChI=1S/C27H29ClN2O6S/c1-35-24-7-9-25(10-8-24)37(33,34)30-14-12-29(13-15-30)18-22-16-21(17-27(31)32)4-11-26(22)36-19-20-2-5-23(28)6-3-20/h2-11,16H,12-15,17-19H2,1H3,(H,31,32). The number of sulfonamides is 1. The highest BCUT2D eigenvalue weighted by Gasteiger charge is 2.29. The molecule has 0 spiro atoms. The average molecular weight is 545 g/mol. The Kier molecular flexibility index (Phi) is 8.71. The van der Waals surface area contributed by atoms with E-state index in [1.165, 1.54) is 11.4 Å². The number of carbonyl (C=O) groups is 1. The average Bonchev–Trinajstić information content (AvgIpc) is 2.89. The maximum atomic E-state index is 13.1. The largest absolute Gasteiger partial charge is 0.497 e. The molecule has 4 rings (SSSR count). The maximum Gasteiger partial charge on any atom is 0.307 e. The number of piperazine rings is 1. The van der Waals surface area contributed by atoms with Crippen molar-refractivity contribution in [3.05, 3.63) is 88.4 Å². The first-order chi connectivity index (χ1) is 17.7. The summed E-state index contributed by atoms with van der Waals surface area (Å²) in [6, 6.07) is 19.2. The number of hydrogen-bond donors (Lipinski definition) is 1. The second-order valence-corrected chi connectivity index (χ2v) is 11.2. The van der Waals surface area contributed by atoms with E-state index in [2.05, 4.69) is 4.90 Å². The summed E-state index contributed by atoms with van der Waals surface area (Å²) in [7, 11) is -2.07. The predicted molar refractivity (Wildman–Crippen MR) is 141 cm³/mol. The Hall–Kier alpha value is -3.11. The van der Waals surface area contributed by atoms with Crippen molar-refractivity contribution < 1.29 is 27.8 Å². The number of halogens is 1. The van der Waals surface area contributed by atoms with Gasteiger partial charge in [0.2, 0.25) is 10.0 Å². The van der Waals surface area contributed by atoms with Gasteiger partial charge in [0.15, 0.2) is 0 Å². The first kappa shape index (κ1) is 26.9. The Bertz CT molecular complexity index is 1320. The fraction of sp³-hybridized carbons (Fsp3) is 0.296. The molecule has 1 N–H and O–H groups in total. The van der Waals surface area contributed by atoms with E-state index in [0.717, 1.165) is 11.1 Å². The van der Waals surface area contributed by atoms with Crippen LogP contribution in [-0.4, -0.2) is 62.0 Å². The minimum atomic E-state index is -3.60. The van der Waals surface area contributed by atoms with Crippen LogP contribution in [0.3, 0.4) is 0 Å². The normalized spacial score (nSPS) is 14.9. The second kappa shape index (κ2) is 12.0. The molecule has 1 fully saturated rings. The summed E-state index contributed by atoms with van der Waals surface area (Å²) >= 11 is 5.97. The summed E-state index contributed by atoms with van der Waals surface area (Å²) in [5, 5.41) is 9.88. The minimum absolute atomic E-state index is 0.0850. The van der Waals surface area contributed by atoms with Gasteiger partial charge in [-0.3, -0.25) is 9.69 Å². The van der Waals surface area contributed by atoms with Crippen molar-refractivity contribution in [1.82, 2.24) is 9.21 Å². The van der Waals surface area contributed by atoms with Gasteiger partial charge in [-0.2, -0.15) is 4.31 Å². The monoisotopic (exact) mass is 544 g/mol. The van der Waals surface area contributed by atoms with Gasteiger partial charge in [0.1, 0.15) is 18.1 Å². The SMILES string of the molecule is COc1ccc(S(=O)(=O)N2CCN(Cc3cc(CC(=O)O)ccc3OCc3ccc(Cl)cc3)CC2)cc1. The lowest BCUT2D eigenvalue weighted by Gasteiger charge is -2.34. The molecule has 0 unspecified atom stereocenters. The van der Waals surface area contributed by atoms with Crippen LogP contribution in [0, 0.1) is 0 Å². The highest BCUT2D eigenvalue weighted by atomic mass is 35.5. The van der Waals surface area contributed by atoms with Gasteiger partial charge in [-0.25, -0.2) is 8.42 Å². The van der Waals surface area contributed by atoms with E-state index in [4.69, 9.17) is 21.1 Å². The Morgan fingerprint density at radius 3 is 2.22 bits per heavy atom. The Morgan fingerprint density at radius 1 is 0.946 bits per heavy atom. The van der Waals surface area contributed by atoms with E-state index in [0.29, 0.717) is 61.4 Å². The summed E-state index contributed by atoms with van der Waals surface area (Å²) in [6.07, 6.45) is -0.0850. The lowest BCUT2D eigenvalue weighted by atomic mass is 10.1. The lowest BCUT2D eigenvalue weighted by Crippen LogP contribution is -2.48. The summed E-state index contributed by atoms with van der Waals surface area (Å²) < 4.78 is 38.8. The Labute approximate surface area is 222 Å². The van der Waals surface area contributed by atoms with Gasteiger partial charge in [0.25, 0.3) is 0 Å². The van der Waals surface area contributed by atoms with Crippen LogP contribution in [0.1, 0.15) is 16.7 Å². The van der Waals surface area contributed by atoms with Crippen molar-refractivity contribution >= 4 is 27.6 Å². The number of benzene rings is 3. The van der Waals surface area contributed by atoms with Crippen LogP contribution in [-0.2, 0) is 34.4 Å². The molecular formula is C27H29ClN2O6S. The van der Waals surface area contributed by atoms with Crippen molar-refractivity contribution in [3.63, 3.8) is 0 Å². The predicted octanol–water partition coefficient (Wildman–Crippen LogP) is 4.06. The molecule has 0 amide bonds. The molecule has 1 aliphatic heterocycles. The zero-order valence-corrected chi connectivity index (χ0v) is 22.0. The summed E-state index contributed by atoms with van der Waals surface area (Å²) in [6.45, 7) is 2.63. The molecule has 0 saturated carbocycles. The van der Waals surface area contributed by atoms with E-state index >= 15 is 0 Å². The number of methoxy groups -OCH3 is 1. The second-order valence-electron chi connectivity index (χ2n) is 8.78. The van der Waals surface area contributed by atoms with Crippen LogP contribution in [0.2, 0.25) is 5.02 Å². The molecule has 196 valence electrons. The number of carboxylic acids is 1. The van der Waals surface area contributed by atoms with Gasteiger partial charge in [0.05, 0.1) is 18.4 Å². The molecule has 37 heavy (non-hydrogen) atoms. The van der Waals surface area contributed by atoms with Crippen molar-refractivity contribution in [2.75, 3.05) is 33.3 Å². The fourth-order valence-electron chi connectivity index (χ4n) is 4.19. The van der Waals surface area contributed by atoms with Gasteiger partial charge in [-0.1, -0.05) is 35.9 Å². The van der Waals surface area contributed by atoms with Crippen LogP contribution < -0.4 is 9.47 Å². The molecule has 1 heterocycles. The number of aliphatic carboxylic acids is 1. The van der Waals surface area contributed by atoms with Crippen molar-refractivity contribution in [2.45, 2.75) is 24.5 Å². The van der Waals surface area contributed by atoms with Gasteiger partial charge < -0.3 is 14.6 Å². The quantitative estimate of drug-likeness (QED) is 0.411. The molecule has 8 nitrogen and oxygen atoms in total. The Balaban J connectivity index is 1.44. The van der Waals surface area contributed by atoms with Crippen molar-refractivity contribution in [1.29, 1.82) is 0 Å². The Morgan fingerprint density at radius 2 is 1.59 bits per heavy atom. The number of ether oxygens (including phenoxy) is 2. The minimum Gasteiger partial charge on any atom is -0.497 e. The fourth-order valence-corrected chi connectivity index (χ4v) is 5.74. The van der Waals surface area contributed by atoms with Crippen molar-refractivity contribution in [2.24, 2.45) is 0 Å². The topological polar surface area (TPSA) is 96.4 Å². The highest BCUT2D eigenvalue weighted by molar-refractivity contribution is 7.89. The summed E-state index contributed by atoms with van der Waals surface area (Å²) in [4.78, 5) is 13.6. The van der Waals surface area contributed by atoms with Crippen LogP contribution in [0.4, 0.5) is 0 Å². The molecule has 0 aliphatic carbocycles. The van der Waals surface area contributed by atoms with Crippen molar-refractivity contribution in [3.8, 4) is 11.5 Å². The molecular weight excluding hydrogens is 516 g/mol. The molecule has 0 aromatic heterocycles. The first-order valence-electron chi connectivity index (χ1n) is 11.8. The van der Waals surface area contributed by atoms with E-state index < -0.39 is 16.0 Å². The maximum absolute atomic E-state index is 13.1. The smallest absolute Gasteiger partial charge is 0.307 e. The highest BCUT2D eigenvalue weighted by Crippen LogP contribution is 2.26. The van der Waals surface area contributed by atoms with E-state index in [-0.39, 0.29) is 11.3 Å². The first-order valence-corrected chi connectivity index (χ1v) is 13.6. The van der Waals surface area contributed by atoms with Gasteiger partial charge in [-0.15, -0.1) is 0 Å². The summed E-state index contributed by atoms with van der Waals surface area (Å²) in [5.41, 5.74) is 2.50. The molecule has 0 atom stereocenters. The van der Waals surface area contributed by atoms with E-state index in [1.807, 2.05) is 18.2 Å². The molecule has 0 bridgehead atoms. The number of nitrogens with zero attached hydrogens (tertiary/aromatic N) is 2. The molecule has 3 aromatic rings. The third-order valence-electron chi connectivity index (χ3n) is 6.21. The van der Waals surface area contributed by atoms with Gasteiger partial charge in [0, 0.05) is 43.3 Å².